The summed E-state index contributed by atoms with van der Waals surface area (Å²) in [6.45, 7) is 9.47. The molecule has 8 aromatic rings. The Morgan fingerprint density at radius 3 is 1.44 bits per heavy atom. The summed E-state index contributed by atoms with van der Waals surface area (Å²) in [5.41, 5.74) is 18.8. The van der Waals surface area contributed by atoms with Crippen LogP contribution in [0.4, 0.5) is 0 Å². The molecule has 2 aliphatic rings. The average molecular weight is 696 g/mol. The van der Waals surface area contributed by atoms with E-state index in [1.165, 1.54) is 88.3 Å². The second-order valence-corrected chi connectivity index (χ2v) is 15.6. The van der Waals surface area contributed by atoms with Crippen molar-refractivity contribution in [1.82, 2.24) is 4.98 Å². The predicted molar refractivity (Wildman–Crippen MR) is 229 cm³/mol. The van der Waals surface area contributed by atoms with E-state index in [0.717, 1.165) is 36.9 Å². The van der Waals surface area contributed by atoms with Crippen LogP contribution in [0, 0.1) is 0 Å². The van der Waals surface area contributed by atoms with Gasteiger partial charge in [-0.15, -0.1) is 0 Å². The summed E-state index contributed by atoms with van der Waals surface area (Å²) >= 11 is 0. The van der Waals surface area contributed by atoms with Gasteiger partial charge in [-0.1, -0.05) is 149 Å². The molecule has 1 heteroatoms. The number of hydrogen-bond donors (Lipinski definition) is 0. The number of nitrogens with zero attached hydrogens (tertiary/aromatic N) is 1. The van der Waals surface area contributed by atoms with Gasteiger partial charge in [0.15, 0.2) is 0 Å². The molecule has 1 aromatic heterocycles. The van der Waals surface area contributed by atoms with E-state index < -0.39 is 0 Å². The van der Waals surface area contributed by atoms with Crippen LogP contribution in [0.2, 0.25) is 0 Å². The van der Waals surface area contributed by atoms with Crippen LogP contribution in [0.25, 0.3) is 77.3 Å². The van der Waals surface area contributed by atoms with Crippen LogP contribution >= 0.6 is 0 Å². The summed E-state index contributed by atoms with van der Waals surface area (Å²) in [7, 11) is 0. The molecule has 0 unspecified atom stereocenters. The van der Waals surface area contributed by atoms with Gasteiger partial charge in [0, 0.05) is 28.0 Å². The Labute approximate surface area is 319 Å². The van der Waals surface area contributed by atoms with E-state index in [1.54, 1.807) is 0 Å². The van der Waals surface area contributed by atoms with Gasteiger partial charge in [-0.05, 0) is 133 Å². The lowest BCUT2D eigenvalue weighted by Crippen LogP contribution is -2.23. The Bertz CT molecular complexity index is 2760. The highest BCUT2D eigenvalue weighted by Crippen LogP contribution is 2.56. The summed E-state index contributed by atoms with van der Waals surface area (Å²) in [5.74, 6) is 0. The Hall–Kier alpha value is -5.79. The normalized spacial score (nSPS) is 14.5. The molecule has 1 nitrogen and oxygen atoms in total. The number of aromatic nitrogens is 1. The van der Waals surface area contributed by atoms with Crippen molar-refractivity contribution in [2.24, 2.45) is 0 Å². The molecule has 0 aliphatic heterocycles. The van der Waals surface area contributed by atoms with Crippen molar-refractivity contribution in [2.45, 2.75) is 64.2 Å². The number of pyridine rings is 1. The molecule has 54 heavy (non-hydrogen) atoms. The first-order valence-electron chi connectivity index (χ1n) is 19.9. The van der Waals surface area contributed by atoms with Gasteiger partial charge in [-0.2, -0.15) is 0 Å². The van der Waals surface area contributed by atoms with Gasteiger partial charge in [0.1, 0.15) is 0 Å². The fraction of sp³-hybridized carbons (Fsp3) is 0.189. The zero-order chi connectivity index (χ0) is 36.6. The SMILES string of the molecule is CCC1(CC)c2ccccc2-c2ccc(-c3ccc4c(c3)C(CC)(CC)c3cc(-c5ccc(-c6cc7c(ccc8ccccc87)cn6)cc5)ccc3-4)cc21. The maximum Gasteiger partial charge on any atom is 0.0708 e. The number of rotatable bonds is 7. The molecule has 0 bridgehead atoms. The molecule has 1 heterocycles. The summed E-state index contributed by atoms with van der Waals surface area (Å²) in [6, 6.07) is 55.0. The quantitative estimate of drug-likeness (QED) is 0.151. The Morgan fingerprint density at radius 1 is 0.370 bits per heavy atom. The summed E-state index contributed by atoms with van der Waals surface area (Å²) in [5, 5.41) is 4.94. The second kappa shape index (κ2) is 12.4. The highest BCUT2D eigenvalue weighted by molar-refractivity contribution is 6.08. The third-order valence-electron chi connectivity index (χ3n) is 13.5. The Morgan fingerprint density at radius 2 is 0.833 bits per heavy atom. The number of fused-ring (bicyclic) bond motifs is 9. The first-order chi connectivity index (χ1) is 26.5. The van der Waals surface area contributed by atoms with Gasteiger partial charge >= 0.3 is 0 Å². The third kappa shape index (κ3) is 4.61. The molecule has 10 rings (SSSR count). The zero-order valence-electron chi connectivity index (χ0n) is 31.7. The van der Waals surface area contributed by atoms with E-state index in [9.17, 15) is 0 Å². The van der Waals surface area contributed by atoms with Crippen LogP contribution in [0.1, 0.15) is 75.6 Å². The lowest BCUT2D eigenvalue weighted by Gasteiger charge is -2.31. The van der Waals surface area contributed by atoms with E-state index >= 15 is 0 Å². The fourth-order valence-electron chi connectivity index (χ4n) is 10.4. The highest BCUT2D eigenvalue weighted by Gasteiger charge is 2.42. The van der Waals surface area contributed by atoms with E-state index in [-0.39, 0.29) is 10.8 Å². The average Bonchev–Trinajstić information content (AvgIpc) is 3.69. The topological polar surface area (TPSA) is 12.9 Å². The maximum atomic E-state index is 4.87. The minimum Gasteiger partial charge on any atom is -0.256 e. The van der Waals surface area contributed by atoms with Gasteiger partial charge in [0.25, 0.3) is 0 Å². The van der Waals surface area contributed by atoms with Crippen molar-refractivity contribution < 1.29 is 0 Å². The van der Waals surface area contributed by atoms with E-state index in [2.05, 4.69) is 173 Å². The molecular weight excluding hydrogens is 651 g/mol. The van der Waals surface area contributed by atoms with Crippen LogP contribution in [0.15, 0.2) is 152 Å². The number of hydrogen-bond acceptors (Lipinski definition) is 1. The minimum atomic E-state index is -0.0298. The Balaban J connectivity index is 1.00. The lowest BCUT2D eigenvalue weighted by atomic mass is 9.72. The molecule has 0 saturated heterocycles. The van der Waals surface area contributed by atoms with Crippen molar-refractivity contribution in [3.05, 3.63) is 174 Å². The van der Waals surface area contributed by atoms with Crippen LogP contribution < -0.4 is 0 Å². The first kappa shape index (κ1) is 32.8. The molecule has 0 saturated carbocycles. The van der Waals surface area contributed by atoms with E-state index in [1.807, 2.05) is 6.20 Å². The maximum absolute atomic E-state index is 4.87. The molecule has 0 fully saturated rings. The van der Waals surface area contributed by atoms with Gasteiger partial charge in [0.2, 0.25) is 0 Å². The third-order valence-corrected chi connectivity index (χ3v) is 13.5. The van der Waals surface area contributed by atoms with Crippen molar-refractivity contribution in [3.63, 3.8) is 0 Å². The zero-order valence-corrected chi connectivity index (χ0v) is 31.7. The largest absolute Gasteiger partial charge is 0.256 e. The van der Waals surface area contributed by atoms with Crippen LogP contribution in [0.3, 0.4) is 0 Å². The van der Waals surface area contributed by atoms with Crippen molar-refractivity contribution in [3.8, 4) is 55.8 Å². The molecule has 2 aliphatic carbocycles. The lowest BCUT2D eigenvalue weighted by molar-refractivity contribution is 0.490. The molecular formula is C53H45N. The number of benzene rings is 7. The van der Waals surface area contributed by atoms with Crippen LogP contribution in [-0.4, -0.2) is 4.98 Å². The molecule has 7 aromatic carbocycles. The van der Waals surface area contributed by atoms with E-state index in [4.69, 9.17) is 4.98 Å². The predicted octanol–water partition coefficient (Wildman–Crippen LogP) is 14.6. The monoisotopic (exact) mass is 695 g/mol. The van der Waals surface area contributed by atoms with Gasteiger partial charge < -0.3 is 0 Å². The molecule has 0 N–H and O–H groups in total. The molecule has 0 radical (unpaired) electrons. The summed E-state index contributed by atoms with van der Waals surface area (Å²) in [6.07, 6.45) is 6.34. The fourth-order valence-corrected chi connectivity index (χ4v) is 10.4. The Kier molecular flexibility index (Phi) is 7.53. The first-order valence-corrected chi connectivity index (χ1v) is 19.9. The molecule has 0 amide bonds. The minimum absolute atomic E-state index is 0.0298. The van der Waals surface area contributed by atoms with Crippen molar-refractivity contribution in [2.75, 3.05) is 0 Å². The van der Waals surface area contributed by atoms with Gasteiger partial charge in [-0.3, -0.25) is 4.98 Å². The second-order valence-electron chi connectivity index (χ2n) is 15.6. The molecule has 0 spiro atoms. The van der Waals surface area contributed by atoms with E-state index in [0.29, 0.717) is 0 Å². The molecule has 262 valence electrons. The summed E-state index contributed by atoms with van der Waals surface area (Å²) in [4.78, 5) is 4.87. The van der Waals surface area contributed by atoms with Gasteiger partial charge in [-0.25, -0.2) is 0 Å². The van der Waals surface area contributed by atoms with Gasteiger partial charge in [0.05, 0.1) is 5.69 Å². The van der Waals surface area contributed by atoms with Crippen LogP contribution in [-0.2, 0) is 10.8 Å². The highest BCUT2D eigenvalue weighted by atomic mass is 14.7. The summed E-state index contributed by atoms with van der Waals surface area (Å²) < 4.78 is 0. The standard InChI is InChI=1S/C53H45N/c1-5-52(6-2)47-16-12-11-15-42(47)43-27-24-38(30-48(43)52)39-25-28-45-44-26-23-37(29-49(44)53(7-3,8-4)50(45)31-39)34-17-20-36(21-18-34)51-32-46-40(33-54-51)22-19-35-13-9-10-14-41(35)46/h9-33H,5-8H2,1-4H3. The van der Waals surface area contributed by atoms with Crippen LogP contribution in [0.5, 0.6) is 0 Å². The van der Waals surface area contributed by atoms with Crippen molar-refractivity contribution >= 4 is 21.5 Å². The smallest absolute Gasteiger partial charge is 0.0708 e. The molecule has 0 atom stereocenters. The van der Waals surface area contributed by atoms with Crippen molar-refractivity contribution in [1.29, 1.82) is 0 Å².